The summed E-state index contributed by atoms with van der Waals surface area (Å²) in [5, 5.41) is 6.97. The van der Waals surface area contributed by atoms with E-state index < -0.39 is 6.17 Å². The van der Waals surface area contributed by atoms with Gasteiger partial charge in [-0.2, -0.15) is 5.10 Å². The van der Waals surface area contributed by atoms with Gasteiger partial charge >= 0.3 is 0 Å². The normalized spacial score (nSPS) is 17.6. The molecular weight excluding hydrogens is 323 g/mol. The molecule has 25 heavy (non-hydrogen) atoms. The van der Waals surface area contributed by atoms with Crippen molar-refractivity contribution in [1.82, 2.24) is 20.0 Å². The smallest absolute Gasteiger partial charge is 0.234 e. The van der Waals surface area contributed by atoms with Crippen LogP contribution >= 0.6 is 0 Å². The summed E-state index contributed by atoms with van der Waals surface area (Å²) in [5.41, 5.74) is 2.06. The van der Waals surface area contributed by atoms with Gasteiger partial charge in [-0.25, -0.2) is 4.39 Å². The van der Waals surface area contributed by atoms with Crippen LogP contribution in [0.1, 0.15) is 6.42 Å². The minimum atomic E-state index is -0.803. The molecule has 0 unspecified atom stereocenters. The van der Waals surface area contributed by atoms with Gasteiger partial charge in [-0.05, 0) is 24.1 Å². The molecule has 2 heterocycles. The number of alkyl halides is 1. The topological polar surface area (TPSA) is 59.4 Å². The lowest BCUT2D eigenvalue weighted by Crippen LogP contribution is -2.37. The van der Waals surface area contributed by atoms with Crippen LogP contribution in [0.25, 0.3) is 11.1 Å². The highest BCUT2D eigenvalue weighted by atomic mass is 19.1. The standard InChI is InChI=1S/C18H23FN4O2/c1-22-11-15(10-21-22)14-3-2-4-17(9-14)25-8-6-20-18(24)13-23-7-5-16(19)12-23/h2-4,9-11,16H,5-8,12-13H2,1H3,(H,20,24)/t16-/m1/s1. The summed E-state index contributed by atoms with van der Waals surface area (Å²) in [6.45, 7) is 2.05. The molecule has 1 atom stereocenters. The zero-order chi connectivity index (χ0) is 17.6. The van der Waals surface area contributed by atoms with E-state index in [1.165, 1.54) is 0 Å². The second-order valence-corrected chi connectivity index (χ2v) is 6.25. The minimum Gasteiger partial charge on any atom is -0.492 e. The summed E-state index contributed by atoms with van der Waals surface area (Å²) in [4.78, 5) is 13.6. The van der Waals surface area contributed by atoms with E-state index >= 15 is 0 Å². The number of carbonyl (C=O) groups is 1. The van der Waals surface area contributed by atoms with E-state index in [2.05, 4.69) is 10.4 Å². The Balaban J connectivity index is 1.41. The number of hydrogen-bond donors (Lipinski definition) is 1. The Morgan fingerprint density at radius 2 is 2.32 bits per heavy atom. The van der Waals surface area contributed by atoms with Crippen LogP contribution in [0.15, 0.2) is 36.7 Å². The summed E-state index contributed by atoms with van der Waals surface area (Å²) in [6, 6.07) is 7.76. The molecule has 1 fully saturated rings. The molecule has 1 aliphatic heterocycles. The molecule has 0 spiro atoms. The number of likely N-dealkylation sites (tertiary alicyclic amines) is 1. The Morgan fingerprint density at radius 3 is 3.04 bits per heavy atom. The molecule has 134 valence electrons. The molecule has 6 nitrogen and oxygen atoms in total. The predicted molar refractivity (Wildman–Crippen MR) is 93.1 cm³/mol. The third-order valence-electron chi connectivity index (χ3n) is 4.15. The average Bonchev–Trinajstić information content (AvgIpc) is 3.20. The van der Waals surface area contributed by atoms with Crippen molar-refractivity contribution in [1.29, 1.82) is 0 Å². The molecule has 1 aromatic carbocycles. The van der Waals surface area contributed by atoms with E-state index in [1.54, 1.807) is 10.9 Å². The fraction of sp³-hybridized carbons (Fsp3) is 0.444. The van der Waals surface area contributed by atoms with Gasteiger partial charge < -0.3 is 10.1 Å². The fourth-order valence-electron chi connectivity index (χ4n) is 2.88. The first kappa shape index (κ1) is 17.4. The summed E-state index contributed by atoms with van der Waals surface area (Å²) in [6.07, 6.45) is 3.46. The number of nitrogens with zero attached hydrogens (tertiary/aromatic N) is 3. The van der Waals surface area contributed by atoms with Gasteiger partial charge in [-0.3, -0.25) is 14.4 Å². The predicted octanol–water partition coefficient (Wildman–Crippen LogP) is 1.63. The van der Waals surface area contributed by atoms with Crippen molar-refractivity contribution in [3.8, 4) is 16.9 Å². The second kappa shape index (κ2) is 8.11. The maximum Gasteiger partial charge on any atom is 0.234 e. The number of halogens is 1. The molecule has 0 saturated carbocycles. The Hall–Kier alpha value is -2.41. The number of aromatic nitrogens is 2. The third kappa shape index (κ3) is 5.03. The Labute approximate surface area is 146 Å². The number of carbonyl (C=O) groups excluding carboxylic acids is 1. The summed E-state index contributed by atoms with van der Waals surface area (Å²) < 4.78 is 20.5. The number of ether oxygens (including phenoxy) is 1. The van der Waals surface area contributed by atoms with Crippen LogP contribution in [0.4, 0.5) is 4.39 Å². The zero-order valence-corrected chi connectivity index (χ0v) is 14.3. The maximum atomic E-state index is 13.1. The monoisotopic (exact) mass is 346 g/mol. The van der Waals surface area contributed by atoms with Crippen LogP contribution < -0.4 is 10.1 Å². The van der Waals surface area contributed by atoms with Crippen molar-refractivity contribution in [2.45, 2.75) is 12.6 Å². The summed E-state index contributed by atoms with van der Waals surface area (Å²) in [5.74, 6) is 0.650. The van der Waals surface area contributed by atoms with E-state index in [4.69, 9.17) is 4.74 Å². The van der Waals surface area contributed by atoms with E-state index in [0.717, 1.165) is 16.9 Å². The molecule has 3 rings (SSSR count). The second-order valence-electron chi connectivity index (χ2n) is 6.25. The molecule has 1 N–H and O–H groups in total. The zero-order valence-electron chi connectivity index (χ0n) is 14.3. The lowest BCUT2D eigenvalue weighted by molar-refractivity contribution is -0.122. The molecule has 2 aromatic rings. The average molecular weight is 346 g/mol. The number of benzene rings is 1. The van der Waals surface area contributed by atoms with Crippen molar-refractivity contribution in [2.24, 2.45) is 7.05 Å². The molecule has 1 aromatic heterocycles. The van der Waals surface area contributed by atoms with Crippen LogP contribution in [0.5, 0.6) is 5.75 Å². The highest BCUT2D eigenvalue weighted by Crippen LogP contribution is 2.23. The van der Waals surface area contributed by atoms with Crippen LogP contribution in [-0.2, 0) is 11.8 Å². The summed E-state index contributed by atoms with van der Waals surface area (Å²) in [7, 11) is 1.88. The van der Waals surface area contributed by atoms with Gasteiger partial charge in [0.1, 0.15) is 18.5 Å². The molecule has 7 heteroatoms. The maximum absolute atomic E-state index is 13.1. The lowest BCUT2D eigenvalue weighted by Gasteiger charge is -2.14. The first-order valence-electron chi connectivity index (χ1n) is 8.45. The molecular formula is C18H23FN4O2. The van der Waals surface area contributed by atoms with Crippen LogP contribution in [0.3, 0.4) is 0 Å². The van der Waals surface area contributed by atoms with Gasteiger partial charge in [-0.1, -0.05) is 12.1 Å². The van der Waals surface area contributed by atoms with E-state index in [1.807, 2.05) is 42.4 Å². The summed E-state index contributed by atoms with van der Waals surface area (Å²) >= 11 is 0. The Bertz CT molecular complexity index is 719. The Kier molecular flexibility index (Phi) is 5.65. The van der Waals surface area contributed by atoms with Crippen molar-refractivity contribution < 1.29 is 13.9 Å². The quantitative estimate of drug-likeness (QED) is 0.774. The van der Waals surface area contributed by atoms with E-state index in [0.29, 0.717) is 32.7 Å². The van der Waals surface area contributed by atoms with Gasteiger partial charge in [0.05, 0.1) is 19.3 Å². The molecule has 1 aliphatic rings. The minimum absolute atomic E-state index is 0.0955. The highest BCUT2D eigenvalue weighted by Gasteiger charge is 2.23. The van der Waals surface area contributed by atoms with E-state index in [9.17, 15) is 9.18 Å². The van der Waals surface area contributed by atoms with Gasteiger partial charge in [0.25, 0.3) is 0 Å². The molecule has 0 radical (unpaired) electrons. The molecule has 1 saturated heterocycles. The van der Waals surface area contributed by atoms with Crippen molar-refractivity contribution in [3.05, 3.63) is 36.7 Å². The first-order chi connectivity index (χ1) is 12.1. The first-order valence-corrected chi connectivity index (χ1v) is 8.45. The fourth-order valence-corrected chi connectivity index (χ4v) is 2.88. The largest absolute Gasteiger partial charge is 0.492 e. The van der Waals surface area contributed by atoms with Gasteiger partial charge in [0.2, 0.25) is 5.91 Å². The molecule has 0 bridgehead atoms. The number of amides is 1. The van der Waals surface area contributed by atoms with Crippen molar-refractivity contribution in [3.63, 3.8) is 0 Å². The molecule has 1 amide bonds. The van der Waals surface area contributed by atoms with Gasteiger partial charge in [0, 0.05) is 31.9 Å². The lowest BCUT2D eigenvalue weighted by atomic mass is 10.1. The number of aryl methyl sites for hydroxylation is 1. The van der Waals surface area contributed by atoms with Crippen LogP contribution in [0.2, 0.25) is 0 Å². The number of rotatable bonds is 7. The molecule has 0 aliphatic carbocycles. The third-order valence-corrected chi connectivity index (χ3v) is 4.15. The highest BCUT2D eigenvalue weighted by molar-refractivity contribution is 5.78. The van der Waals surface area contributed by atoms with Crippen LogP contribution in [0, 0.1) is 0 Å². The number of hydrogen-bond acceptors (Lipinski definition) is 4. The SMILES string of the molecule is Cn1cc(-c2cccc(OCCNC(=O)CN3CC[C@@H](F)C3)c2)cn1. The van der Waals surface area contributed by atoms with Crippen molar-refractivity contribution in [2.75, 3.05) is 32.8 Å². The number of nitrogens with one attached hydrogen (secondary N) is 1. The van der Waals surface area contributed by atoms with Gasteiger partial charge in [0.15, 0.2) is 0 Å². The van der Waals surface area contributed by atoms with Crippen molar-refractivity contribution >= 4 is 5.91 Å². The van der Waals surface area contributed by atoms with Gasteiger partial charge in [-0.15, -0.1) is 0 Å². The van der Waals surface area contributed by atoms with Crippen LogP contribution in [-0.4, -0.2) is 59.5 Å². The van der Waals surface area contributed by atoms with E-state index in [-0.39, 0.29) is 12.5 Å². The Morgan fingerprint density at radius 1 is 1.44 bits per heavy atom.